The van der Waals surface area contributed by atoms with E-state index in [9.17, 15) is 9.59 Å². The van der Waals surface area contributed by atoms with Crippen molar-refractivity contribution in [1.82, 2.24) is 4.98 Å². The lowest BCUT2D eigenvalue weighted by Gasteiger charge is -2.19. The predicted octanol–water partition coefficient (Wildman–Crippen LogP) is 4.73. The molecule has 2 aromatic carbocycles. The molecule has 4 nitrogen and oxygen atoms in total. The molecule has 0 atom stereocenters. The number of hydrogen-bond acceptors (Lipinski definition) is 5. The summed E-state index contributed by atoms with van der Waals surface area (Å²) in [6, 6.07) is 14.0. The Morgan fingerprint density at radius 1 is 1.12 bits per heavy atom. The number of carbonyl (C=O) groups is 2. The van der Waals surface area contributed by atoms with Gasteiger partial charge in [0, 0.05) is 6.92 Å². The Morgan fingerprint density at radius 3 is 2.54 bits per heavy atom. The van der Waals surface area contributed by atoms with Crippen molar-refractivity contribution in [3.63, 3.8) is 0 Å². The molecule has 1 aromatic heterocycles. The lowest BCUT2D eigenvalue weighted by molar-refractivity contribution is -0.116. The summed E-state index contributed by atoms with van der Waals surface area (Å²) in [7, 11) is 0. The van der Waals surface area contributed by atoms with Crippen LogP contribution in [0.15, 0.2) is 42.5 Å². The quantitative estimate of drug-likeness (QED) is 0.638. The van der Waals surface area contributed by atoms with Gasteiger partial charge in [0.2, 0.25) is 5.91 Å². The normalized spacial score (nSPS) is 10.9. The lowest BCUT2D eigenvalue weighted by atomic mass is 10.1. The molecule has 0 aliphatic heterocycles. The highest BCUT2D eigenvalue weighted by atomic mass is 32.2. The molecule has 6 heteroatoms. The van der Waals surface area contributed by atoms with E-state index in [0.717, 1.165) is 33.1 Å². The zero-order valence-electron chi connectivity index (χ0n) is 15.0. The zero-order chi connectivity index (χ0) is 18.7. The molecule has 0 N–H and O–H groups in total. The van der Waals surface area contributed by atoms with Crippen molar-refractivity contribution in [3.05, 3.63) is 59.2 Å². The van der Waals surface area contributed by atoms with Crippen LogP contribution < -0.4 is 4.90 Å². The SMILES string of the molecule is CC(=O)SCC(=O)N(Cc1ccccc1)c1nc2c(C)c(C)ccc2s1. The number of fused-ring (bicyclic) bond motifs is 1. The van der Waals surface area contributed by atoms with Gasteiger partial charge in [0.05, 0.1) is 22.5 Å². The molecule has 0 radical (unpaired) electrons. The lowest BCUT2D eigenvalue weighted by Crippen LogP contribution is -2.32. The molecule has 0 aliphatic rings. The molecule has 0 fully saturated rings. The van der Waals surface area contributed by atoms with Gasteiger partial charge in [-0.15, -0.1) is 0 Å². The van der Waals surface area contributed by atoms with Crippen LogP contribution in [0.1, 0.15) is 23.6 Å². The highest BCUT2D eigenvalue weighted by Crippen LogP contribution is 2.33. The molecule has 0 spiro atoms. The molecule has 0 unspecified atom stereocenters. The van der Waals surface area contributed by atoms with Crippen LogP contribution in [-0.2, 0) is 16.1 Å². The summed E-state index contributed by atoms with van der Waals surface area (Å²) in [4.78, 5) is 30.5. The molecule has 1 amide bonds. The Labute approximate surface area is 161 Å². The molecule has 0 bridgehead atoms. The summed E-state index contributed by atoms with van der Waals surface area (Å²) in [6.07, 6.45) is 0. The van der Waals surface area contributed by atoms with Gasteiger partial charge in [0.25, 0.3) is 0 Å². The van der Waals surface area contributed by atoms with Crippen molar-refractivity contribution in [1.29, 1.82) is 0 Å². The van der Waals surface area contributed by atoms with Gasteiger partial charge >= 0.3 is 0 Å². The molecule has 134 valence electrons. The van der Waals surface area contributed by atoms with E-state index in [-0.39, 0.29) is 16.8 Å². The Hall–Kier alpha value is -2.18. The Kier molecular flexibility index (Phi) is 5.74. The van der Waals surface area contributed by atoms with E-state index in [1.165, 1.54) is 23.8 Å². The summed E-state index contributed by atoms with van der Waals surface area (Å²) in [5.74, 6) is 0.0123. The highest BCUT2D eigenvalue weighted by molar-refractivity contribution is 8.14. The summed E-state index contributed by atoms with van der Waals surface area (Å²) in [6.45, 7) is 6.03. The second-order valence-electron chi connectivity index (χ2n) is 6.10. The topological polar surface area (TPSA) is 50.3 Å². The van der Waals surface area contributed by atoms with Crippen molar-refractivity contribution in [2.45, 2.75) is 27.3 Å². The van der Waals surface area contributed by atoms with Gasteiger partial charge in [-0.25, -0.2) is 4.98 Å². The first-order valence-electron chi connectivity index (χ1n) is 8.30. The first-order valence-corrected chi connectivity index (χ1v) is 10.1. The Bertz CT molecular complexity index is 951. The number of aryl methyl sites for hydroxylation is 2. The third kappa shape index (κ3) is 4.14. The maximum Gasteiger partial charge on any atom is 0.239 e. The standard InChI is InChI=1S/C20H20N2O2S2/c1-13-9-10-17-19(14(13)2)21-20(26-17)22(18(24)12-25-15(3)23)11-16-7-5-4-6-8-16/h4-10H,11-12H2,1-3H3. The fraction of sp³-hybridized carbons (Fsp3) is 0.250. The van der Waals surface area contributed by atoms with Crippen LogP contribution in [0.5, 0.6) is 0 Å². The van der Waals surface area contributed by atoms with Crippen LogP contribution in [0.25, 0.3) is 10.2 Å². The van der Waals surface area contributed by atoms with E-state index in [4.69, 9.17) is 4.98 Å². The number of thioether (sulfide) groups is 1. The Morgan fingerprint density at radius 2 is 1.85 bits per heavy atom. The smallest absolute Gasteiger partial charge is 0.239 e. The van der Waals surface area contributed by atoms with Gasteiger partial charge in [-0.1, -0.05) is 59.5 Å². The molecule has 0 aliphatic carbocycles. The fourth-order valence-electron chi connectivity index (χ4n) is 2.60. The summed E-state index contributed by atoms with van der Waals surface area (Å²) in [5.41, 5.74) is 4.29. The minimum atomic E-state index is -0.109. The first-order chi connectivity index (χ1) is 12.5. The average Bonchev–Trinajstić information content (AvgIpc) is 3.06. The van der Waals surface area contributed by atoms with Gasteiger partial charge in [-0.2, -0.15) is 0 Å². The van der Waals surface area contributed by atoms with Crippen LogP contribution in [-0.4, -0.2) is 21.8 Å². The summed E-state index contributed by atoms with van der Waals surface area (Å²) < 4.78 is 1.06. The first kappa shape index (κ1) is 18.6. The van der Waals surface area contributed by atoms with Crippen molar-refractivity contribution < 1.29 is 9.59 Å². The van der Waals surface area contributed by atoms with Crippen LogP contribution in [0.2, 0.25) is 0 Å². The number of benzene rings is 2. The number of aromatic nitrogens is 1. The molecule has 26 heavy (non-hydrogen) atoms. The van der Waals surface area contributed by atoms with Crippen LogP contribution in [0.3, 0.4) is 0 Å². The van der Waals surface area contributed by atoms with E-state index in [1.807, 2.05) is 36.4 Å². The van der Waals surface area contributed by atoms with Crippen molar-refractivity contribution in [2.24, 2.45) is 0 Å². The number of amides is 1. The van der Waals surface area contributed by atoms with Gasteiger partial charge in [0.15, 0.2) is 10.2 Å². The third-order valence-corrected chi connectivity index (χ3v) is 6.03. The minimum absolute atomic E-state index is 0.0613. The number of nitrogens with zero attached hydrogens (tertiary/aromatic N) is 2. The number of anilines is 1. The second kappa shape index (κ2) is 8.01. The van der Waals surface area contributed by atoms with Crippen LogP contribution in [0.4, 0.5) is 5.13 Å². The van der Waals surface area contributed by atoms with Crippen molar-refractivity contribution >= 4 is 49.5 Å². The second-order valence-corrected chi connectivity index (χ2v) is 8.26. The fourth-order valence-corrected chi connectivity index (χ4v) is 4.12. The molecular formula is C20H20N2O2S2. The molecular weight excluding hydrogens is 364 g/mol. The van der Waals surface area contributed by atoms with E-state index in [2.05, 4.69) is 19.9 Å². The molecule has 0 saturated heterocycles. The van der Waals surface area contributed by atoms with Crippen molar-refractivity contribution in [3.8, 4) is 0 Å². The maximum atomic E-state index is 12.8. The molecule has 3 rings (SSSR count). The third-order valence-electron chi connectivity index (χ3n) is 4.19. The van der Waals surface area contributed by atoms with E-state index in [0.29, 0.717) is 11.7 Å². The number of hydrogen-bond donors (Lipinski definition) is 0. The largest absolute Gasteiger partial charge is 0.288 e. The van der Waals surface area contributed by atoms with E-state index < -0.39 is 0 Å². The molecule has 3 aromatic rings. The monoisotopic (exact) mass is 384 g/mol. The summed E-state index contributed by atoms with van der Waals surface area (Å²) in [5, 5.41) is 0.612. The van der Waals surface area contributed by atoms with Crippen LogP contribution >= 0.6 is 23.1 Å². The zero-order valence-corrected chi connectivity index (χ0v) is 16.6. The predicted molar refractivity (Wildman–Crippen MR) is 110 cm³/mol. The van der Waals surface area contributed by atoms with Gasteiger partial charge in [-0.05, 0) is 36.6 Å². The van der Waals surface area contributed by atoms with Gasteiger partial charge in [-0.3, -0.25) is 14.5 Å². The number of thiazole rings is 1. The van der Waals surface area contributed by atoms with Crippen molar-refractivity contribution in [2.75, 3.05) is 10.7 Å². The minimum Gasteiger partial charge on any atom is -0.288 e. The number of carbonyl (C=O) groups excluding carboxylic acids is 2. The summed E-state index contributed by atoms with van der Waals surface area (Å²) >= 11 is 2.54. The van der Waals surface area contributed by atoms with E-state index >= 15 is 0 Å². The van der Waals surface area contributed by atoms with Gasteiger partial charge in [0.1, 0.15) is 0 Å². The maximum absolute atomic E-state index is 12.8. The molecule has 1 heterocycles. The van der Waals surface area contributed by atoms with Gasteiger partial charge < -0.3 is 0 Å². The van der Waals surface area contributed by atoms with E-state index in [1.54, 1.807) is 4.90 Å². The number of rotatable bonds is 5. The Balaban J connectivity index is 1.97. The van der Waals surface area contributed by atoms with Crippen LogP contribution in [0, 0.1) is 13.8 Å². The highest BCUT2D eigenvalue weighted by Gasteiger charge is 2.21. The average molecular weight is 385 g/mol. The molecule has 0 saturated carbocycles.